The molecule has 0 bridgehead atoms. The lowest BCUT2D eigenvalue weighted by Crippen LogP contribution is -2.53. The number of nitrogens with zero attached hydrogens (tertiary/aromatic N) is 3. The van der Waals surface area contributed by atoms with Gasteiger partial charge in [-0.05, 0) is 41.3 Å². The maximum Gasteiger partial charge on any atom is 0.416 e. The number of anilines is 1. The molecule has 0 N–H and O–H groups in total. The lowest BCUT2D eigenvalue weighted by Gasteiger charge is -2.44. The molecule has 0 unspecified atom stereocenters. The van der Waals surface area contributed by atoms with Crippen LogP contribution in [0.25, 0.3) is 0 Å². The highest BCUT2D eigenvalue weighted by Gasteiger charge is 2.46. The molecular formula is C28H28F3N3O3S. The minimum absolute atomic E-state index is 0.0885. The molecule has 0 spiro atoms. The predicted molar refractivity (Wildman–Crippen MR) is 139 cm³/mol. The number of halogens is 3. The maximum atomic E-state index is 14.2. The Balaban J connectivity index is 1.42. The molecule has 2 aliphatic rings. The van der Waals surface area contributed by atoms with Crippen LogP contribution in [0.1, 0.15) is 38.3 Å². The van der Waals surface area contributed by atoms with E-state index in [2.05, 4.69) is 0 Å². The van der Waals surface area contributed by atoms with E-state index >= 15 is 0 Å². The van der Waals surface area contributed by atoms with Crippen LogP contribution in [0.4, 0.5) is 18.9 Å². The van der Waals surface area contributed by atoms with Gasteiger partial charge >= 0.3 is 6.18 Å². The number of benzene rings is 2. The second-order valence-corrected chi connectivity index (χ2v) is 10.4. The smallest absolute Gasteiger partial charge is 0.383 e. The lowest BCUT2D eigenvalue weighted by molar-refractivity contribution is -0.137. The largest absolute Gasteiger partial charge is 0.416 e. The van der Waals surface area contributed by atoms with Crippen LogP contribution in [0.2, 0.25) is 0 Å². The van der Waals surface area contributed by atoms with E-state index in [1.54, 1.807) is 35.1 Å². The highest BCUT2D eigenvalue weighted by molar-refractivity contribution is 7.10. The van der Waals surface area contributed by atoms with Gasteiger partial charge in [0.2, 0.25) is 5.91 Å². The molecule has 6 nitrogen and oxygen atoms in total. The molecule has 2 amide bonds. The highest BCUT2D eigenvalue weighted by Crippen LogP contribution is 2.45. The predicted octanol–water partition coefficient (Wildman–Crippen LogP) is 5.04. The third-order valence-electron chi connectivity index (χ3n) is 7.21. The molecule has 10 heteroatoms. The third-order valence-corrected chi connectivity index (χ3v) is 8.15. The summed E-state index contributed by atoms with van der Waals surface area (Å²) in [7, 11) is 1.58. The molecule has 1 fully saturated rings. The molecule has 2 aliphatic heterocycles. The van der Waals surface area contributed by atoms with E-state index in [1.807, 2.05) is 34.5 Å². The molecule has 0 saturated carbocycles. The SMILES string of the molecule is COCCN1C(=O)c2ccccc2[C@@H](C(=O)N2CCN(c3cccc(C(F)(F)F)c3)CC2)[C@@H]1c1cccs1. The Bertz CT molecular complexity index is 1290. The first-order chi connectivity index (χ1) is 18.3. The van der Waals surface area contributed by atoms with Gasteiger partial charge in [-0.2, -0.15) is 13.2 Å². The monoisotopic (exact) mass is 543 g/mol. The highest BCUT2D eigenvalue weighted by atomic mass is 32.1. The van der Waals surface area contributed by atoms with Crippen molar-refractivity contribution in [3.8, 4) is 0 Å². The molecule has 0 radical (unpaired) electrons. The van der Waals surface area contributed by atoms with Crippen molar-refractivity contribution in [2.24, 2.45) is 0 Å². The number of hydrogen-bond donors (Lipinski definition) is 0. The van der Waals surface area contributed by atoms with Gasteiger partial charge in [0, 0.05) is 56.0 Å². The summed E-state index contributed by atoms with van der Waals surface area (Å²) in [6, 6.07) is 15.9. The van der Waals surface area contributed by atoms with Crippen molar-refractivity contribution in [3.63, 3.8) is 0 Å². The minimum atomic E-state index is -4.41. The van der Waals surface area contributed by atoms with Crippen LogP contribution in [0, 0.1) is 0 Å². The Hall–Kier alpha value is -3.37. The normalized spacial score (nSPS) is 20.0. The number of carbonyl (C=O) groups excluding carboxylic acids is 2. The Morgan fingerprint density at radius 2 is 1.79 bits per heavy atom. The van der Waals surface area contributed by atoms with Crippen molar-refractivity contribution in [3.05, 3.63) is 87.6 Å². The fraction of sp³-hybridized carbons (Fsp3) is 0.357. The van der Waals surface area contributed by atoms with E-state index in [1.165, 1.54) is 17.4 Å². The Morgan fingerprint density at radius 3 is 2.47 bits per heavy atom. The van der Waals surface area contributed by atoms with E-state index < -0.39 is 23.7 Å². The zero-order chi connectivity index (χ0) is 26.9. The number of thiophene rings is 1. The van der Waals surface area contributed by atoms with Gasteiger partial charge in [-0.25, -0.2) is 0 Å². The summed E-state index contributed by atoms with van der Waals surface area (Å²) < 4.78 is 44.9. The van der Waals surface area contributed by atoms with E-state index in [0.29, 0.717) is 56.1 Å². The van der Waals surface area contributed by atoms with Gasteiger partial charge in [0.15, 0.2) is 0 Å². The van der Waals surface area contributed by atoms with Crippen LogP contribution >= 0.6 is 11.3 Å². The summed E-state index contributed by atoms with van der Waals surface area (Å²) in [6.07, 6.45) is -4.41. The minimum Gasteiger partial charge on any atom is -0.383 e. The van der Waals surface area contributed by atoms with Crippen LogP contribution in [-0.2, 0) is 15.7 Å². The summed E-state index contributed by atoms with van der Waals surface area (Å²) in [5, 5.41) is 1.93. The first-order valence-corrected chi connectivity index (χ1v) is 13.3. The number of rotatable bonds is 6. The van der Waals surface area contributed by atoms with Gasteiger partial charge in [0.1, 0.15) is 0 Å². The molecule has 2 atom stereocenters. The maximum absolute atomic E-state index is 14.2. The number of alkyl halides is 3. The third kappa shape index (κ3) is 5.02. The molecular weight excluding hydrogens is 515 g/mol. The second-order valence-electron chi connectivity index (χ2n) is 9.38. The lowest BCUT2D eigenvalue weighted by atomic mass is 9.81. The average molecular weight is 544 g/mol. The molecule has 38 heavy (non-hydrogen) atoms. The van der Waals surface area contributed by atoms with E-state index in [-0.39, 0.29) is 11.8 Å². The molecule has 3 heterocycles. The molecule has 3 aromatic rings. The van der Waals surface area contributed by atoms with E-state index in [4.69, 9.17) is 4.74 Å². The first kappa shape index (κ1) is 26.2. The van der Waals surface area contributed by atoms with Crippen molar-refractivity contribution in [1.29, 1.82) is 0 Å². The first-order valence-electron chi connectivity index (χ1n) is 12.4. The van der Waals surface area contributed by atoms with Crippen molar-refractivity contribution in [2.45, 2.75) is 18.1 Å². The molecule has 1 saturated heterocycles. The number of hydrogen-bond acceptors (Lipinski definition) is 5. The average Bonchev–Trinajstić information content (AvgIpc) is 3.46. The molecule has 1 aromatic heterocycles. The standard InChI is InChI=1S/C28H28F3N3O3S/c1-37-16-15-34-25(23-10-5-17-38-23)24(21-8-2-3-9-22(21)26(34)35)27(36)33-13-11-32(12-14-33)20-7-4-6-19(18-20)28(29,30)31/h2-10,17-18,24-25H,11-16H2,1H3/t24-,25+/m1/s1. The second kappa shape index (κ2) is 10.8. The Kier molecular flexibility index (Phi) is 7.45. The van der Waals surface area contributed by atoms with Crippen LogP contribution in [0.5, 0.6) is 0 Å². The number of ether oxygens (including phenoxy) is 1. The molecule has 5 rings (SSSR count). The Labute approximate surface area is 223 Å². The van der Waals surface area contributed by atoms with E-state index in [0.717, 1.165) is 17.0 Å². The van der Waals surface area contributed by atoms with Crippen LogP contribution in [0.15, 0.2) is 66.0 Å². The molecule has 200 valence electrons. The number of carbonyl (C=O) groups is 2. The topological polar surface area (TPSA) is 53.1 Å². The molecule has 2 aromatic carbocycles. The van der Waals surface area contributed by atoms with Crippen molar-refractivity contribution < 1.29 is 27.5 Å². The summed E-state index contributed by atoms with van der Waals surface area (Å²) in [4.78, 5) is 34.0. The van der Waals surface area contributed by atoms with Crippen molar-refractivity contribution in [1.82, 2.24) is 9.80 Å². The van der Waals surface area contributed by atoms with Crippen molar-refractivity contribution >= 4 is 28.8 Å². The fourth-order valence-electron chi connectivity index (χ4n) is 5.33. The zero-order valence-electron chi connectivity index (χ0n) is 20.9. The number of methoxy groups -OCH3 is 1. The van der Waals surface area contributed by atoms with Crippen LogP contribution < -0.4 is 4.90 Å². The fourth-order valence-corrected chi connectivity index (χ4v) is 6.20. The Morgan fingerprint density at radius 1 is 1.03 bits per heavy atom. The number of fused-ring (bicyclic) bond motifs is 1. The quantitative estimate of drug-likeness (QED) is 0.437. The van der Waals surface area contributed by atoms with Gasteiger partial charge in [-0.15, -0.1) is 11.3 Å². The molecule has 0 aliphatic carbocycles. The zero-order valence-corrected chi connectivity index (χ0v) is 21.7. The van der Waals surface area contributed by atoms with Crippen molar-refractivity contribution in [2.75, 3.05) is 51.3 Å². The summed E-state index contributed by atoms with van der Waals surface area (Å²) in [6.45, 7) is 2.26. The van der Waals surface area contributed by atoms with Crippen LogP contribution in [-0.4, -0.2) is 68.1 Å². The van der Waals surface area contributed by atoms with Crippen LogP contribution in [0.3, 0.4) is 0 Å². The van der Waals surface area contributed by atoms with E-state index in [9.17, 15) is 22.8 Å². The van der Waals surface area contributed by atoms with Gasteiger partial charge in [0.25, 0.3) is 5.91 Å². The number of piperazine rings is 1. The summed E-state index contributed by atoms with van der Waals surface area (Å²) >= 11 is 1.51. The summed E-state index contributed by atoms with van der Waals surface area (Å²) in [5.74, 6) is -0.816. The van der Waals surface area contributed by atoms with Gasteiger partial charge < -0.3 is 19.4 Å². The van der Waals surface area contributed by atoms with Gasteiger partial charge in [-0.1, -0.05) is 30.3 Å². The van der Waals surface area contributed by atoms with Gasteiger partial charge in [0.05, 0.1) is 24.1 Å². The van der Waals surface area contributed by atoms with Gasteiger partial charge in [-0.3, -0.25) is 9.59 Å². The summed E-state index contributed by atoms with van der Waals surface area (Å²) in [5.41, 5.74) is 1.02. The number of amides is 2.